The number of amides is 2. The minimum atomic E-state index is -0.692. The van der Waals surface area contributed by atoms with Gasteiger partial charge in [-0.15, -0.1) is 0 Å². The number of rotatable bonds is 4. The summed E-state index contributed by atoms with van der Waals surface area (Å²) in [5.74, 6) is -1.49. The van der Waals surface area contributed by atoms with Gasteiger partial charge in [-0.2, -0.15) is 0 Å². The Bertz CT molecular complexity index is 821. The van der Waals surface area contributed by atoms with Gasteiger partial charge in [-0.1, -0.05) is 23.7 Å². The van der Waals surface area contributed by atoms with Gasteiger partial charge in [0.15, 0.2) is 0 Å². The molecule has 3 rings (SSSR count). The van der Waals surface area contributed by atoms with E-state index in [4.69, 9.17) is 16.3 Å². The Kier molecular flexibility index (Phi) is 5.01. The summed E-state index contributed by atoms with van der Waals surface area (Å²) < 4.78 is 18.8. The Labute approximate surface area is 149 Å². The second-order valence-corrected chi connectivity index (χ2v) is 6.03. The second kappa shape index (κ2) is 7.21. The minimum absolute atomic E-state index is 0.0130. The third-order valence-electron chi connectivity index (χ3n) is 4.00. The summed E-state index contributed by atoms with van der Waals surface area (Å²) in [6.07, 6.45) is 0.734. The number of methoxy groups -OCH3 is 1. The zero-order valence-electron chi connectivity index (χ0n) is 13.5. The van der Waals surface area contributed by atoms with Crippen molar-refractivity contribution in [3.63, 3.8) is 0 Å². The number of ether oxygens (including phenoxy) is 1. The van der Waals surface area contributed by atoms with E-state index < -0.39 is 11.7 Å². The number of carbonyl (C=O) groups is 2. The van der Waals surface area contributed by atoms with Gasteiger partial charge in [0.05, 0.1) is 10.6 Å². The molecule has 25 heavy (non-hydrogen) atoms. The van der Waals surface area contributed by atoms with Gasteiger partial charge in [-0.05, 0) is 36.2 Å². The van der Waals surface area contributed by atoms with E-state index >= 15 is 0 Å². The number of benzene rings is 2. The Balaban J connectivity index is 1.84. The summed E-state index contributed by atoms with van der Waals surface area (Å²) in [7, 11) is 1.46. The molecule has 0 fully saturated rings. The first-order chi connectivity index (χ1) is 12.0. The highest BCUT2D eigenvalue weighted by Gasteiger charge is 2.25. The SMILES string of the molecule is COCC(=O)N1CCc2ccc(NC(=O)c3c(F)cccc3Cl)cc21. The van der Waals surface area contributed by atoms with E-state index in [9.17, 15) is 14.0 Å². The molecule has 0 unspecified atom stereocenters. The lowest BCUT2D eigenvalue weighted by Gasteiger charge is -2.17. The number of fused-ring (bicyclic) bond motifs is 1. The predicted octanol–water partition coefficient (Wildman–Crippen LogP) is 3.27. The Morgan fingerprint density at radius 3 is 2.84 bits per heavy atom. The highest BCUT2D eigenvalue weighted by atomic mass is 35.5. The van der Waals surface area contributed by atoms with Crippen LogP contribution in [0.1, 0.15) is 15.9 Å². The number of carbonyl (C=O) groups excluding carboxylic acids is 2. The third kappa shape index (κ3) is 3.50. The van der Waals surface area contributed by atoms with Gasteiger partial charge in [0.2, 0.25) is 0 Å². The Morgan fingerprint density at radius 2 is 2.12 bits per heavy atom. The fourth-order valence-corrected chi connectivity index (χ4v) is 3.07. The van der Waals surface area contributed by atoms with Crippen molar-refractivity contribution in [1.82, 2.24) is 0 Å². The van der Waals surface area contributed by atoms with E-state index in [1.165, 1.54) is 25.3 Å². The van der Waals surface area contributed by atoms with E-state index in [2.05, 4.69) is 5.32 Å². The molecule has 5 nitrogen and oxygen atoms in total. The molecule has 2 aromatic carbocycles. The summed E-state index contributed by atoms with van der Waals surface area (Å²) in [4.78, 5) is 26.1. The van der Waals surface area contributed by atoms with Crippen LogP contribution in [-0.2, 0) is 16.0 Å². The average Bonchev–Trinajstić information content (AvgIpc) is 2.98. The molecule has 1 aliphatic heterocycles. The summed E-state index contributed by atoms with van der Waals surface area (Å²) in [6.45, 7) is 0.551. The molecule has 0 spiro atoms. The Morgan fingerprint density at radius 1 is 1.32 bits per heavy atom. The van der Waals surface area contributed by atoms with Gasteiger partial charge < -0.3 is 15.0 Å². The summed E-state index contributed by atoms with van der Waals surface area (Å²) in [5.41, 5.74) is 1.98. The fourth-order valence-electron chi connectivity index (χ4n) is 2.83. The highest BCUT2D eigenvalue weighted by molar-refractivity contribution is 6.34. The van der Waals surface area contributed by atoms with Crippen molar-refractivity contribution in [1.29, 1.82) is 0 Å². The lowest BCUT2D eigenvalue weighted by molar-refractivity contribution is -0.122. The van der Waals surface area contributed by atoms with E-state index in [0.717, 1.165) is 17.7 Å². The monoisotopic (exact) mass is 362 g/mol. The second-order valence-electron chi connectivity index (χ2n) is 5.62. The van der Waals surface area contributed by atoms with Crippen molar-refractivity contribution >= 4 is 34.8 Å². The molecule has 0 bridgehead atoms. The molecule has 0 saturated carbocycles. The summed E-state index contributed by atoms with van der Waals surface area (Å²) >= 11 is 5.92. The van der Waals surface area contributed by atoms with Crippen molar-refractivity contribution in [2.24, 2.45) is 0 Å². The number of nitrogens with one attached hydrogen (secondary N) is 1. The van der Waals surface area contributed by atoms with Crippen LogP contribution in [-0.4, -0.2) is 32.1 Å². The minimum Gasteiger partial charge on any atom is -0.375 e. The molecule has 0 aliphatic carbocycles. The van der Waals surface area contributed by atoms with Crippen molar-refractivity contribution in [3.05, 3.63) is 58.4 Å². The largest absolute Gasteiger partial charge is 0.375 e. The fraction of sp³-hybridized carbons (Fsp3) is 0.222. The molecule has 0 saturated heterocycles. The van der Waals surface area contributed by atoms with Crippen LogP contribution in [0, 0.1) is 5.82 Å². The van der Waals surface area contributed by atoms with Crippen LogP contribution in [0.25, 0.3) is 0 Å². The highest BCUT2D eigenvalue weighted by Crippen LogP contribution is 2.31. The van der Waals surface area contributed by atoms with Crippen LogP contribution in [0.3, 0.4) is 0 Å². The van der Waals surface area contributed by atoms with Crippen LogP contribution in [0.5, 0.6) is 0 Å². The maximum atomic E-state index is 13.9. The molecule has 2 aromatic rings. The molecule has 2 amide bonds. The topological polar surface area (TPSA) is 58.6 Å². The van der Waals surface area contributed by atoms with E-state index in [0.29, 0.717) is 12.2 Å². The van der Waals surface area contributed by atoms with Crippen molar-refractivity contribution in [3.8, 4) is 0 Å². The van der Waals surface area contributed by atoms with Gasteiger partial charge in [0.25, 0.3) is 11.8 Å². The van der Waals surface area contributed by atoms with Crippen LogP contribution >= 0.6 is 11.6 Å². The van der Waals surface area contributed by atoms with Gasteiger partial charge in [0.1, 0.15) is 12.4 Å². The van der Waals surface area contributed by atoms with E-state index in [1.54, 1.807) is 17.0 Å². The van der Waals surface area contributed by atoms with Crippen LogP contribution in [0.15, 0.2) is 36.4 Å². The summed E-state index contributed by atoms with van der Waals surface area (Å²) in [5, 5.41) is 2.67. The van der Waals surface area contributed by atoms with Gasteiger partial charge >= 0.3 is 0 Å². The smallest absolute Gasteiger partial charge is 0.260 e. The molecular formula is C18H16ClFN2O3. The first kappa shape index (κ1) is 17.4. The normalized spacial score (nSPS) is 12.8. The third-order valence-corrected chi connectivity index (χ3v) is 4.31. The standard InChI is InChI=1S/C18H16ClFN2O3/c1-25-10-16(23)22-8-7-11-5-6-12(9-15(11)22)21-18(24)17-13(19)3-2-4-14(17)20/h2-6,9H,7-8,10H2,1H3,(H,21,24). The van der Waals surface area contributed by atoms with Gasteiger partial charge in [-0.3, -0.25) is 9.59 Å². The maximum Gasteiger partial charge on any atom is 0.260 e. The molecule has 1 heterocycles. The lowest BCUT2D eigenvalue weighted by atomic mass is 10.1. The first-order valence-corrected chi connectivity index (χ1v) is 8.06. The van der Waals surface area contributed by atoms with Crippen LogP contribution in [0.4, 0.5) is 15.8 Å². The molecule has 7 heteroatoms. The van der Waals surface area contributed by atoms with Crippen LogP contribution < -0.4 is 10.2 Å². The van der Waals surface area contributed by atoms with E-state index in [1.807, 2.05) is 6.07 Å². The lowest BCUT2D eigenvalue weighted by Crippen LogP contribution is -2.32. The predicted molar refractivity (Wildman–Crippen MR) is 93.7 cm³/mol. The molecule has 0 aromatic heterocycles. The average molecular weight is 363 g/mol. The maximum absolute atomic E-state index is 13.9. The number of nitrogens with zero attached hydrogens (tertiary/aromatic N) is 1. The number of halogens is 2. The molecule has 0 atom stereocenters. The van der Waals surface area contributed by atoms with Crippen molar-refractivity contribution in [2.75, 3.05) is 30.5 Å². The van der Waals surface area contributed by atoms with Gasteiger partial charge in [-0.25, -0.2) is 4.39 Å². The van der Waals surface area contributed by atoms with Crippen LogP contribution in [0.2, 0.25) is 5.02 Å². The molecule has 1 aliphatic rings. The zero-order valence-corrected chi connectivity index (χ0v) is 14.3. The van der Waals surface area contributed by atoms with Crippen molar-refractivity contribution < 1.29 is 18.7 Å². The number of hydrogen-bond donors (Lipinski definition) is 1. The van der Waals surface area contributed by atoms with Gasteiger partial charge in [0, 0.05) is 25.0 Å². The Hall–Kier alpha value is -2.44. The molecule has 1 N–H and O–H groups in total. The first-order valence-electron chi connectivity index (χ1n) is 7.69. The molecular weight excluding hydrogens is 347 g/mol. The quantitative estimate of drug-likeness (QED) is 0.908. The zero-order chi connectivity index (χ0) is 18.0. The summed E-state index contributed by atoms with van der Waals surface area (Å²) in [6, 6.07) is 9.32. The number of anilines is 2. The molecule has 0 radical (unpaired) electrons. The van der Waals surface area contributed by atoms with Crippen molar-refractivity contribution in [2.45, 2.75) is 6.42 Å². The molecule has 130 valence electrons. The number of hydrogen-bond acceptors (Lipinski definition) is 3. The van der Waals surface area contributed by atoms with E-state index in [-0.39, 0.29) is 23.1 Å².